The van der Waals surface area contributed by atoms with Crippen LogP contribution in [0.3, 0.4) is 0 Å². The summed E-state index contributed by atoms with van der Waals surface area (Å²) in [5.74, 6) is 0. The molecule has 0 aliphatic heterocycles. The van der Waals surface area contributed by atoms with Gasteiger partial charge in [-0.05, 0) is 48.1 Å². The van der Waals surface area contributed by atoms with Crippen LogP contribution in [0.15, 0.2) is 83.5 Å². The van der Waals surface area contributed by atoms with Crippen LogP contribution in [-0.2, 0) is 6.42 Å². The van der Waals surface area contributed by atoms with Crippen LogP contribution in [-0.4, -0.2) is 10.6 Å². The van der Waals surface area contributed by atoms with Gasteiger partial charge in [-0.2, -0.15) is 5.26 Å². The number of benzene rings is 2. The first kappa shape index (κ1) is 15.9. The van der Waals surface area contributed by atoms with E-state index in [0.717, 1.165) is 33.2 Å². The largest absolute Gasteiger partial charge is 0.354 e. The van der Waals surface area contributed by atoms with E-state index < -0.39 is 0 Å². The summed E-state index contributed by atoms with van der Waals surface area (Å²) in [6, 6.07) is 19.7. The fourth-order valence-electron chi connectivity index (χ4n) is 2.29. The van der Waals surface area contributed by atoms with E-state index in [-0.39, 0.29) is 0 Å². The Morgan fingerprint density at radius 1 is 1.00 bits per heavy atom. The second kappa shape index (κ2) is 7.49. The quantitative estimate of drug-likeness (QED) is 0.823. The molecule has 0 radical (unpaired) electrons. The summed E-state index contributed by atoms with van der Waals surface area (Å²) in [6.45, 7) is 0. The molecule has 3 nitrogen and oxygen atoms in total. The molecular weight excluding hydrogens is 314 g/mol. The molecule has 0 aromatic heterocycles. The predicted molar refractivity (Wildman–Crippen MR) is 103 cm³/mol. The van der Waals surface area contributed by atoms with Gasteiger partial charge < -0.3 is 5.32 Å². The fourth-order valence-corrected chi connectivity index (χ4v) is 2.47. The standard InChI is InChI=1S/C20H15N3S/c21-13-12-15-6-8-17(9-7-15)23-19-14-18(10-11-20(19)24)22-16-4-2-1-3-5-16/h1-11,14,23H,12H2/b22-18+. The first-order chi connectivity index (χ1) is 11.7. The van der Waals surface area contributed by atoms with Crippen LogP contribution in [0.25, 0.3) is 0 Å². The molecule has 2 aromatic rings. The Morgan fingerprint density at radius 3 is 2.46 bits per heavy atom. The zero-order valence-corrected chi connectivity index (χ0v) is 13.8. The molecule has 1 aliphatic rings. The molecule has 0 unspecified atom stereocenters. The second-order valence-corrected chi connectivity index (χ2v) is 5.72. The van der Waals surface area contributed by atoms with E-state index in [0.29, 0.717) is 6.42 Å². The Bertz CT molecular complexity index is 869. The van der Waals surface area contributed by atoms with Crippen molar-refractivity contribution in [1.29, 1.82) is 5.26 Å². The fraction of sp³-hybridized carbons (Fsp3) is 0.0500. The van der Waals surface area contributed by atoms with Gasteiger partial charge in [0.05, 0.1) is 34.5 Å². The summed E-state index contributed by atoms with van der Waals surface area (Å²) in [6.07, 6.45) is 6.15. The van der Waals surface area contributed by atoms with Crippen molar-refractivity contribution in [3.8, 4) is 6.07 Å². The molecule has 2 aromatic carbocycles. The van der Waals surface area contributed by atoms with Gasteiger partial charge in [0.2, 0.25) is 0 Å². The van der Waals surface area contributed by atoms with Crippen molar-refractivity contribution < 1.29 is 0 Å². The van der Waals surface area contributed by atoms with Crippen molar-refractivity contribution in [2.24, 2.45) is 4.99 Å². The predicted octanol–water partition coefficient (Wildman–Crippen LogP) is 4.76. The average molecular weight is 329 g/mol. The van der Waals surface area contributed by atoms with Gasteiger partial charge in [0.15, 0.2) is 0 Å². The number of rotatable bonds is 4. The molecule has 0 heterocycles. The van der Waals surface area contributed by atoms with Gasteiger partial charge in [-0.3, -0.25) is 0 Å². The number of hydrogen-bond acceptors (Lipinski definition) is 4. The molecule has 0 atom stereocenters. The third-order valence-corrected chi connectivity index (χ3v) is 3.85. The molecule has 0 spiro atoms. The lowest BCUT2D eigenvalue weighted by atomic mass is 10.1. The third-order valence-electron chi connectivity index (χ3n) is 3.49. The average Bonchev–Trinajstić information content (AvgIpc) is 2.61. The number of aliphatic imine (C=N–C) groups is 1. The molecule has 0 fully saturated rings. The number of allylic oxidation sites excluding steroid dienone is 3. The molecule has 4 heteroatoms. The minimum Gasteiger partial charge on any atom is -0.354 e. The molecule has 1 N–H and O–H groups in total. The molecule has 0 bridgehead atoms. The number of anilines is 1. The number of nitrogens with one attached hydrogen (secondary N) is 1. The summed E-state index contributed by atoms with van der Waals surface area (Å²) >= 11 is 5.40. The lowest BCUT2D eigenvalue weighted by Crippen LogP contribution is -2.13. The molecule has 116 valence electrons. The minimum atomic E-state index is 0.415. The maximum atomic E-state index is 8.72. The maximum Gasteiger partial charge on any atom is 0.0669 e. The van der Waals surface area contributed by atoms with E-state index in [9.17, 15) is 0 Å². The van der Waals surface area contributed by atoms with E-state index >= 15 is 0 Å². The zero-order chi connectivity index (χ0) is 16.8. The second-order valence-electron chi connectivity index (χ2n) is 5.28. The molecule has 0 amide bonds. The Morgan fingerprint density at radius 2 is 1.75 bits per heavy atom. The number of para-hydroxylation sites is 1. The first-order valence-corrected chi connectivity index (χ1v) is 7.96. The lowest BCUT2D eigenvalue weighted by Gasteiger charge is -2.14. The highest BCUT2D eigenvalue weighted by atomic mass is 32.1. The molecule has 24 heavy (non-hydrogen) atoms. The van der Waals surface area contributed by atoms with E-state index in [1.165, 1.54) is 0 Å². The van der Waals surface area contributed by atoms with Crippen LogP contribution in [0.5, 0.6) is 0 Å². The first-order valence-electron chi connectivity index (χ1n) is 7.55. The summed E-state index contributed by atoms with van der Waals surface area (Å²) < 4.78 is 0. The van der Waals surface area contributed by atoms with Crippen LogP contribution in [0.4, 0.5) is 11.4 Å². The Labute approximate surface area is 146 Å². The van der Waals surface area contributed by atoms with Crippen LogP contribution in [0.1, 0.15) is 5.56 Å². The number of nitriles is 1. The SMILES string of the molecule is N#CCc1ccc(NC2=C/C(=N/c3ccccc3)C=CC2=S)cc1. The summed E-state index contributed by atoms with van der Waals surface area (Å²) in [4.78, 5) is 5.34. The molecule has 3 rings (SSSR count). The van der Waals surface area contributed by atoms with E-state index in [1.54, 1.807) is 0 Å². The van der Waals surface area contributed by atoms with E-state index in [4.69, 9.17) is 17.5 Å². The normalized spacial score (nSPS) is 15.0. The van der Waals surface area contributed by atoms with Crippen LogP contribution >= 0.6 is 12.2 Å². The van der Waals surface area contributed by atoms with E-state index in [2.05, 4.69) is 16.4 Å². The Balaban J connectivity index is 1.80. The number of hydrogen-bond donors (Lipinski definition) is 1. The molecular formula is C20H15N3S. The Hall–Kier alpha value is -3.03. The zero-order valence-electron chi connectivity index (χ0n) is 12.9. The van der Waals surface area contributed by atoms with Crippen molar-refractivity contribution in [2.45, 2.75) is 6.42 Å². The van der Waals surface area contributed by atoms with Gasteiger partial charge in [-0.25, -0.2) is 4.99 Å². The molecule has 0 saturated carbocycles. The summed E-state index contributed by atoms with van der Waals surface area (Å²) in [7, 11) is 0. The van der Waals surface area contributed by atoms with Crippen molar-refractivity contribution >= 4 is 34.2 Å². The Kier molecular flexibility index (Phi) is 4.95. The van der Waals surface area contributed by atoms with Crippen molar-refractivity contribution in [3.05, 3.63) is 84.1 Å². The maximum absolute atomic E-state index is 8.72. The minimum absolute atomic E-state index is 0.415. The topological polar surface area (TPSA) is 48.2 Å². The highest BCUT2D eigenvalue weighted by Gasteiger charge is 2.09. The van der Waals surface area contributed by atoms with E-state index in [1.807, 2.05) is 72.8 Å². The van der Waals surface area contributed by atoms with Gasteiger partial charge in [-0.15, -0.1) is 0 Å². The van der Waals surface area contributed by atoms with Gasteiger partial charge in [0, 0.05) is 5.69 Å². The van der Waals surface area contributed by atoms with Gasteiger partial charge in [0.25, 0.3) is 0 Å². The highest BCUT2D eigenvalue weighted by Crippen LogP contribution is 2.18. The smallest absolute Gasteiger partial charge is 0.0669 e. The highest BCUT2D eigenvalue weighted by molar-refractivity contribution is 7.81. The number of nitrogens with zero attached hydrogens (tertiary/aromatic N) is 2. The van der Waals surface area contributed by atoms with Crippen molar-refractivity contribution in [1.82, 2.24) is 0 Å². The van der Waals surface area contributed by atoms with Crippen molar-refractivity contribution in [2.75, 3.05) is 5.32 Å². The summed E-state index contributed by atoms with van der Waals surface area (Å²) in [5.41, 5.74) is 4.52. The third kappa shape index (κ3) is 4.03. The van der Waals surface area contributed by atoms with Gasteiger partial charge in [0.1, 0.15) is 0 Å². The van der Waals surface area contributed by atoms with Crippen LogP contribution in [0, 0.1) is 11.3 Å². The molecule has 0 saturated heterocycles. The van der Waals surface area contributed by atoms with Gasteiger partial charge in [-0.1, -0.05) is 42.5 Å². The lowest BCUT2D eigenvalue weighted by molar-refractivity contribution is 1.26. The summed E-state index contributed by atoms with van der Waals surface area (Å²) in [5, 5.41) is 12.0. The van der Waals surface area contributed by atoms with Crippen LogP contribution < -0.4 is 5.32 Å². The van der Waals surface area contributed by atoms with Crippen molar-refractivity contribution in [3.63, 3.8) is 0 Å². The van der Waals surface area contributed by atoms with Crippen LogP contribution in [0.2, 0.25) is 0 Å². The number of thiocarbonyl (C=S) groups is 1. The molecule has 1 aliphatic carbocycles. The van der Waals surface area contributed by atoms with Gasteiger partial charge >= 0.3 is 0 Å². The monoisotopic (exact) mass is 329 g/mol.